The van der Waals surface area contributed by atoms with E-state index in [1.165, 1.54) is 20.3 Å². The third kappa shape index (κ3) is 5.38. The summed E-state index contributed by atoms with van der Waals surface area (Å²) in [6.07, 6.45) is 6.29. The third-order valence-electron chi connectivity index (χ3n) is 4.79. The van der Waals surface area contributed by atoms with Gasteiger partial charge in [0.2, 0.25) is 0 Å². The molecule has 2 aromatic carbocycles. The lowest BCUT2D eigenvalue weighted by Crippen LogP contribution is -2.26. The summed E-state index contributed by atoms with van der Waals surface area (Å²) in [5.74, 6) is -1.74. The molecule has 7 heteroatoms. The Labute approximate surface area is 192 Å². The van der Waals surface area contributed by atoms with Gasteiger partial charge in [-0.3, -0.25) is 0 Å². The van der Waals surface area contributed by atoms with Gasteiger partial charge >= 0.3 is 17.9 Å². The van der Waals surface area contributed by atoms with Crippen LogP contribution in [0.3, 0.4) is 0 Å². The Kier molecular flexibility index (Phi) is 7.46. The molecule has 0 saturated carbocycles. The molecule has 0 fully saturated rings. The maximum Gasteiger partial charge on any atom is 0.355 e. The molecule has 0 saturated heterocycles. The lowest BCUT2D eigenvalue weighted by atomic mass is 10.0. The summed E-state index contributed by atoms with van der Waals surface area (Å²) in [7, 11) is 2.50. The molecule has 0 N–H and O–H groups in total. The van der Waals surface area contributed by atoms with Crippen LogP contribution in [0.25, 0.3) is 11.1 Å². The Morgan fingerprint density at radius 3 is 2.15 bits per heavy atom. The van der Waals surface area contributed by atoms with Crippen molar-refractivity contribution in [3.05, 3.63) is 89.8 Å². The van der Waals surface area contributed by atoms with Crippen LogP contribution in [0.15, 0.2) is 84.2 Å². The molecule has 1 aliphatic heterocycles. The molecule has 0 amide bonds. The fraction of sp³-hybridized carbons (Fsp3) is 0.192. The first-order valence-electron chi connectivity index (χ1n) is 10.3. The summed E-state index contributed by atoms with van der Waals surface area (Å²) in [6.45, 7) is 3.59. The minimum atomic E-state index is -0.685. The SMILES string of the molecule is COC(=O)C1=C(C(=O)OC)N(c2cccc(-c3cccc(C(=O)OC(C)C)c3)c2)C=CC=C1. The highest BCUT2D eigenvalue weighted by Crippen LogP contribution is 2.30. The molecule has 1 aliphatic rings. The zero-order valence-corrected chi connectivity index (χ0v) is 18.9. The minimum Gasteiger partial charge on any atom is -0.465 e. The van der Waals surface area contributed by atoms with E-state index in [1.807, 2.05) is 24.3 Å². The van der Waals surface area contributed by atoms with Crippen molar-refractivity contribution in [1.82, 2.24) is 0 Å². The Hall–Kier alpha value is -4.13. The van der Waals surface area contributed by atoms with E-state index < -0.39 is 17.9 Å². The van der Waals surface area contributed by atoms with E-state index in [-0.39, 0.29) is 17.4 Å². The van der Waals surface area contributed by atoms with Crippen molar-refractivity contribution in [2.75, 3.05) is 19.1 Å². The maximum atomic E-state index is 12.6. The summed E-state index contributed by atoms with van der Waals surface area (Å²) in [4.78, 5) is 38.9. The molecular formula is C26H25NO6. The normalized spacial score (nSPS) is 13.1. The predicted octanol–water partition coefficient (Wildman–Crippen LogP) is 4.41. The van der Waals surface area contributed by atoms with Crippen LogP contribution in [0.2, 0.25) is 0 Å². The second-order valence-corrected chi connectivity index (χ2v) is 7.40. The monoisotopic (exact) mass is 447 g/mol. The molecule has 0 spiro atoms. The molecule has 2 aromatic rings. The number of hydrogen-bond acceptors (Lipinski definition) is 7. The predicted molar refractivity (Wildman–Crippen MR) is 124 cm³/mol. The van der Waals surface area contributed by atoms with Gasteiger partial charge in [0.15, 0.2) is 0 Å². The highest BCUT2D eigenvalue weighted by Gasteiger charge is 2.27. The van der Waals surface area contributed by atoms with Crippen LogP contribution >= 0.6 is 0 Å². The fourth-order valence-electron chi connectivity index (χ4n) is 3.31. The van der Waals surface area contributed by atoms with Gasteiger partial charge in [-0.1, -0.05) is 30.3 Å². The first-order valence-corrected chi connectivity index (χ1v) is 10.3. The number of anilines is 1. The van der Waals surface area contributed by atoms with Gasteiger partial charge in [0, 0.05) is 11.9 Å². The molecule has 1 heterocycles. The number of hydrogen-bond donors (Lipinski definition) is 0. The van der Waals surface area contributed by atoms with Crippen LogP contribution in [0, 0.1) is 0 Å². The molecular weight excluding hydrogens is 422 g/mol. The molecule has 3 rings (SSSR count). The van der Waals surface area contributed by atoms with E-state index in [0.29, 0.717) is 11.3 Å². The first kappa shape index (κ1) is 23.5. The number of allylic oxidation sites excluding steroid dienone is 2. The molecule has 170 valence electrons. The molecule has 33 heavy (non-hydrogen) atoms. The van der Waals surface area contributed by atoms with Crippen molar-refractivity contribution in [3.8, 4) is 11.1 Å². The number of carbonyl (C=O) groups excluding carboxylic acids is 3. The average Bonchev–Trinajstić information content (AvgIpc) is 3.06. The molecule has 0 aromatic heterocycles. The smallest absolute Gasteiger partial charge is 0.355 e. The van der Waals surface area contributed by atoms with E-state index in [9.17, 15) is 14.4 Å². The second-order valence-electron chi connectivity index (χ2n) is 7.40. The van der Waals surface area contributed by atoms with Crippen LogP contribution in [0.4, 0.5) is 5.69 Å². The lowest BCUT2D eigenvalue weighted by molar-refractivity contribution is -0.139. The second kappa shape index (κ2) is 10.5. The molecule has 0 bridgehead atoms. The average molecular weight is 447 g/mol. The van der Waals surface area contributed by atoms with Gasteiger partial charge in [0.1, 0.15) is 5.70 Å². The number of esters is 3. The summed E-state index contributed by atoms with van der Waals surface area (Å²) < 4.78 is 15.1. The first-order chi connectivity index (χ1) is 15.8. The maximum absolute atomic E-state index is 12.6. The van der Waals surface area contributed by atoms with Gasteiger partial charge in [-0.25, -0.2) is 14.4 Å². The Balaban J connectivity index is 2.06. The van der Waals surface area contributed by atoms with Crippen molar-refractivity contribution in [2.24, 2.45) is 0 Å². The minimum absolute atomic E-state index is 0.0285. The third-order valence-corrected chi connectivity index (χ3v) is 4.79. The van der Waals surface area contributed by atoms with Crippen LogP contribution in [0.5, 0.6) is 0 Å². The molecule has 0 unspecified atom stereocenters. The van der Waals surface area contributed by atoms with Crippen molar-refractivity contribution in [1.29, 1.82) is 0 Å². The van der Waals surface area contributed by atoms with Crippen molar-refractivity contribution >= 4 is 23.6 Å². The Morgan fingerprint density at radius 2 is 1.48 bits per heavy atom. The summed E-state index contributed by atoms with van der Waals surface area (Å²) >= 11 is 0. The number of ether oxygens (including phenoxy) is 3. The molecule has 0 aliphatic carbocycles. The van der Waals surface area contributed by atoms with E-state index in [1.54, 1.807) is 61.4 Å². The number of rotatable bonds is 6. The highest BCUT2D eigenvalue weighted by atomic mass is 16.5. The lowest BCUT2D eigenvalue weighted by Gasteiger charge is -2.23. The van der Waals surface area contributed by atoms with Gasteiger partial charge in [-0.15, -0.1) is 0 Å². The topological polar surface area (TPSA) is 82.1 Å². The molecule has 0 atom stereocenters. The van der Waals surface area contributed by atoms with Gasteiger partial charge in [-0.2, -0.15) is 0 Å². The van der Waals surface area contributed by atoms with Crippen molar-refractivity contribution < 1.29 is 28.6 Å². The Bertz CT molecular complexity index is 1160. The summed E-state index contributed by atoms with van der Waals surface area (Å²) in [5.41, 5.74) is 2.75. The van der Waals surface area contributed by atoms with E-state index >= 15 is 0 Å². The fourth-order valence-corrected chi connectivity index (χ4v) is 3.31. The van der Waals surface area contributed by atoms with E-state index in [4.69, 9.17) is 14.2 Å². The van der Waals surface area contributed by atoms with Gasteiger partial charge in [0.25, 0.3) is 0 Å². The van der Waals surface area contributed by atoms with Crippen LogP contribution in [0.1, 0.15) is 24.2 Å². The quantitative estimate of drug-likeness (QED) is 0.479. The van der Waals surface area contributed by atoms with E-state index in [2.05, 4.69) is 0 Å². The Morgan fingerprint density at radius 1 is 0.818 bits per heavy atom. The zero-order valence-electron chi connectivity index (χ0n) is 18.9. The highest BCUT2D eigenvalue weighted by molar-refractivity contribution is 6.05. The van der Waals surface area contributed by atoms with Crippen LogP contribution in [-0.4, -0.2) is 38.2 Å². The standard InChI is InChI=1S/C26H25NO6/c1-17(2)33-24(28)20-11-7-9-18(15-20)19-10-8-12-21(16-19)27-14-6-5-13-22(25(29)31-3)23(27)26(30)32-4/h5-17H,1-4H3. The van der Waals surface area contributed by atoms with Gasteiger partial charge in [0.05, 0.1) is 31.5 Å². The molecule has 7 nitrogen and oxygen atoms in total. The number of benzene rings is 2. The van der Waals surface area contributed by atoms with Gasteiger partial charge < -0.3 is 19.1 Å². The number of nitrogens with zero attached hydrogens (tertiary/aromatic N) is 1. The van der Waals surface area contributed by atoms with Crippen LogP contribution < -0.4 is 4.90 Å². The van der Waals surface area contributed by atoms with Crippen molar-refractivity contribution in [2.45, 2.75) is 20.0 Å². The largest absolute Gasteiger partial charge is 0.465 e. The zero-order chi connectivity index (χ0) is 24.0. The summed E-state index contributed by atoms with van der Waals surface area (Å²) in [6, 6.07) is 14.5. The van der Waals surface area contributed by atoms with Gasteiger partial charge in [-0.05, 0) is 61.4 Å². The molecule has 0 radical (unpaired) electrons. The van der Waals surface area contributed by atoms with E-state index in [0.717, 1.165) is 11.1 Å². The number of methoxy groups -OCH3 is 2. The summed E-state index contributed by atoms with van der Waals surface area (Å²) in [5, 5.41) is 0. The number of carbonyl (C=O) groups is 3. The van der Waals surface area contributed by atoms with Crippen LogP contribution in [-0.2, 0) is 23.8 Å². The van der Waals surface area contributed by atoms with Crippen molar-refractivity contribution in [3.63, 3.8) is 0 Å².